The van der Waals surface area contributed by atoms with Crippen molar-refractivity contribution in [3.63, 3.8) is 0 Å². The van der Waals surface area contributed by atoms with Crippen molar-refractivity contribution < 1.29 is 80.2 Å². The van der Waals surface area contributed by atoms with Gasteiger partial charge in [0, 0.05) is 25.7 Å². The van der Waals surface area contributed by atoms with E-state index in [-0.39, 0.29) is 25.7 Å². The van der Waals surface area contributed by atoms with E-state index < -0.39 is 97.5 Å². The SMILES string of the molecule is CCCCCC/C=C\C=C/CCCCCCCC(=O)O[C@H](COC(=O)CCCCCCCCCC)COP(=O)(O)OC[C@H](O)COP(=O)(O)OC[C@@H](COC(=O)CCCCCCCCCCCCCCCCCCCC)OC(=O)CCCCCCCCCCCCCCCCCCCCC(C)CC. The molecule has 19 heteroatoms. The first-order valence-corrected chi connectivity index (χ1v) is 46.0. The van der Waals surface area contributed by atoms with Gasteiger partial charge in [0.25, 0.3) is 0 Å². The van der Waals surface area contributed by atoms with E-state index in [4.69, 9.17) is 37.0 Å². The maximum Gasteiger partial charge on any atom is 0.472 e. The molecule has 0 aromatic carbocycles. The van der Waals surface area contributed by atoms with Crippen molar-refractivity contribution in [1.29, 1.82) is 0 Å². The number of ether oxygens (including phenoxy) is 4. The second-order valence-corrected chi connectivity index (χ2v) is 32.7. The van der Waals surface area contributed by atoms with Crippen LogP contribution in [-0.2, 0) is 65.4 Å². The van der Waals surface area contributed by atoms with Crippen LogP contribution < -0.4 is 0 Å². The van der Waals surface area contributed by atoms with Gasteiger partial charge in [-0.25, -0.2) is 9.13 Å². The van der Waals surface area contributed by atoms with E-state index in [1.165, 1.54) is 231 Å². The highest BCUT2D eigenvalue weighted by molar-refractivity contribution is 7.47. The first-order valence-electron chi connectivity index (χ1n) is 43.0. The molecule has 6 atom stereocenters. The van der Waals surface area contributed by atoms with Gasteiger partial charge in [-0.1, -0.05) is 374 Å². The van der Waals surface area contributed by atoms with Gasteiger partial charge in [0.15, 0.2) is 12.2 Å². The lowest BCUT2D eigenvalue weighted by molar-refractivity contribution is -0.161. The predicted octanol–water partition coefficient (Wildman–Crippen LogP) is 25.1. The number of phosphoric ester groups is 2. The fourth-order valence-corrected chi connectivity index (χ4v) is 14.1. The van der Waals surface area contributed by atoms with Crippen LogP contribution in [0.2, 0.25) is 0 Å². The molecule has 0 saturated heterocycles. The van der Waals surface area contributed by atoms with E-state index >= 15 is 0 Å². The molecule has 0 aliphatic carbocycles. The summed E-state index contributed by atoms with van der Waals surface area (Å²) in [5.41, 5.74) is 0. The number of carbonyl (C=O) groups excluding carboxylic acids is 4. The Morgan fingerprint density at radius 1 is 0.311 bits per heavy atom. The summed E-state index contributed by atoms with van der Waals surface area (Å²) in [6.07, 6.45) is 71.7. The van der Waals surface area contributed by atoms with Gasteiger partial charge in [-0.3, -0.25) is 37.3 Å². The van der Waals surface area contributed by atoms with Crippen molar-refractivity contribution in [3.05, 3.63) is 24.3 Å². The number of phosphoric acid groups is 2. The van der Waals surface area contributed by atoms with E-state index in [1.54, 1.807) is 0 Å². The number of hydrogen-bond acceptors (Lipinski definition) is 15. The zero-order valence-corrected chi connectivity index (χ0v) is 68.7. The van der Waals surface area contributed by atoms with Crippen LogP contribution in [0.15, 0.2) is 24.3 Å². The first kappa shape index (κ1) is 101. The lowest BCUT2D eigenvalue weighted by Crippen LogP contribution is -2.30. The van der Waals surface area contributed by atoms with Crippen LogP contribution in [0.1, 0.15) is 426 Å². The number of aliphatic hydroxyl groups excluding tert-OH is 1. The largest absolute Gasteiger partial charge is 0.472 e. The van der Waals surface area contributed by atoms with Gasteiger partial charge in [0.05, 0.1) is 26.4 Å². The Bertz CT molecular complexity index is 2060. The van der Waals surface area contributed by atoms with Crippen LogP contribution in [0.5, 0.6) is 0 Å². The highest BCUT2D eigenvalue weighted by atomic mass is 31.2. The molecule has 0 radical (unpaired) electrons. The van der Waals surface area contributed by atoms with E-state index in [9.17, 15) is 43.2 Å². The number of esters is 4. The maximum absolute atomic E-state index is 13.1. The fourth-order valence-electron chi connectivity index (χ4n) is 12.5. The predicted molar refractivity (Wildman–Crippen MR) is 423 cm³/mol. The molecule has 0 amide bonds. The zero-order valence-electron chi connectivity index (χ0n) is 66.9. The first-order chi connectivity index (χ1) is 50.1. The lowest BCUT2D eigenvalue weighted by atomic mass is 9.99. The molecule has 0 aromatic rings. The molecular formula is C84H160O17P2. The molecule has 0 spiro atoms. The van der Waals surface area contributed by atoms with Crippen molar-refractivity contribution >= 4 is 39.5 Å². The normalized spacial score (nSPS) is 14.2. The van der Waals surface area contributed by atoms with Crippen LogP contribution >= 0.6 is 15.6 Å². The molecule has 608 valence electrons. The molecular weight excluding hydrogens is 1340 g/mol. The van der Waals surface area contributed by atoms with E-state index in [1.807, 2.05) is 0 Å². The van der Waals surface area contributed by atoms with E-state index in [0.717, 1.165) is 115 Å². The summed E-state index contributed by atoms with van der Waals surface area (Å²) >= 11 is 0. The fraction of sp³-hybridized carbons (Fsp3) is 0.905. The maximum atomic E-state index is 13.1. The van der Waals surface area contributed by atoms with Gasteiger partial charge in [0.2, 0.25) is 0 Å². The third-order valence-electron chi connectivity index (χ3n) is 19.5. The molecule has 3 unspecified atom stereocenters. The van der Waals surface area contributed by atoms with Crippen molar-refractivity contribution in [1.82, 2.24) is 0 Å². The summed E-state index contributed by atoms with van der Waals surface area (Å²) in [6, 6.07) is 0. The van der Waals surface area contributed by atoms with Crippen molar-refractivity contribution in [2.45, 2.75) is 445 Å². The van der Waals surface area contributed by atoms with Crippen LogP contribution in [0, 0.1) is 5.92 Å². The summed E-state index contributed by atoms with van der Waals surface area (Å²) in [6.45, 7) is 7.32. The third-order valence-corrected chi connectivity index (χ3v) is 21.4. The number of aliphatic hydroxyl groups is 1. The number of allylic oxidation sites excluding steroid dienone is 4. The van der Waals surface area contributed by atoms with Crippen LogP contribution in [0.25, 0.3) is 0 Å². The highest BCUT2D eigenvalue weighted by Gasteiger charge is 2.30. The molecule has 0 bridgehead atoms. The van der Waals surface area contributed by atoms with Gasteiger partial charge in [-0.05, 0) is 57.3 Å². The van der Waals surface area contributed by atoms with E-state index in [2.05, 4.69) is 58.9 Å². The Morgan fingerprint density at radius 2 is 0.544 bits per heavy atom. The Balaban J connectivity index is 5.21. The van der Waals surface area contributed by atoms with Gasteiger partial charge in [-0.15, -0.1) is 0 Å². The molecule has 0 aliphatic rings. The number of carbonyl (C=O) groups is 4. The minimum absolute atomic E-state index is 0.0853. The molecule has 0 saturated carbocycles. The lowest BCUT2D eigenvalue weighted by Gasteiger charge is -2.21. The van der Waals surface area contributed by atoms with Crippen molar-refractivity contribution in [2.75, 3.05) is 39.6 Å². The number of rotatable bonds is 82. The quantitative estimate of drug-likeness (QED) is 0.0169. The van der Waals surface area contributed by atoms with Crippen molar-refractivity contribution in [2.24, 2.45) is 5.92 Å². The Labute approximate surface area is 631 Å². The molecule has 0 heterocycles. The Hall–Kier alpha value is -2.46. The van der Waals surface area contributed by atoms with Gasteiger partial charge in [0.1, 0.15) is 19.3 Å². The van der Waals surface area contributed by atoms with Crippen LogP contribution in [-0.4, -0.2) is 96.7 Å². The monoisotopic (exact) mass is 1500 g/mol. The minimum Gasteiger partial charge on any atom is -0.462 e. The van der Waals surface area contributed by atoms with Gasteiger partial charge < -0.3 is 33.8 Å². The third kappa shape index (κ3) is 76.1. The molecule has 17 nitrogen and oxygen atoms in total. The number of hydrogen-bond donors (Lipinski definition) is 3. The highest BCUT2D eigenvalue weighted by Crippen LogP contribution is 2.45. The van der Waals surface area contributed by atoms with Gasteiger partial charge in [-0.2, -0.15) is 0 Å². The molecule has 103 heavy (non-hydrogen) atoms. The molecule has 0 rings (SSSR count). The van der Waals surface area contributed by atoms with Crippen LogP contribution in [0.3, 0.4) is 0 Å². The van der Waals surface area contributed by atoms with E-state index in [0.29, 0.717) is 25.7 Å². The standard InChI is InChI=1S/C84H160O17P2/c1-6-10-13-16-19-22-24-26-28-29-33-37-40-44-48-53-58-63-68-82(87)95-74-80(101-84(89)70-65-60-55-50-46-42-38-34-31-30-32-36-39-43-47-51-56-61-66-77(5)9-4)76-99-103(92,93)97-72-78(85)71-96-102(90,91)98-75-79(73-94-81(86)67-62-57-52-21-18-15-12-8-3)100-83(88)69-64-59-54-49-45-41-35-27-25-23-20-17-14-11-7-2/h23,25,27,35,77-80,85H,6-22,24,26,28-34,36-76H2,1-5H3,(H,90,91)(H,92,93)/b25-23-,35-27-/t77?,78-,79+,80+/m0/s1. The Morgan fingerprint density at radius 3 is 0.825 bits per heavy atom. The average molecular weight is 1500 g/mol. The zero-order chi connectivity index (χ0) is 75.5. The summed E-state index contributed by atoms with van der Waals surface area (Å²) in [4.78, 5) is 73.0. The molecule has 0 aliphatic heterocycles. The average Bonchev–Trinajstić information content (AvgIpc) is 0.935. The van der Waals surface area contributed by atoms with Gasteiger partial charge >= 0.3 is 39.5 Å². The molecule has 3 N–H and O–H groups in total. The summed E-state index contributed by atoms with van der Waals surface area (Å²) in [5.74, 6) is -1.27. The van der Waals surface area contributed by atoms with Crippen LogP contribution in [0.4, 0.5) is 0 Å². The second kappa shape index (κ2) is 76.3. The smallest absolute Gasteiger partial charge is 0.462 e. The summed E-state index contributed by atoms with van der Waals surface area (Å²) < 4.78 is 68.7. The number of unbranched alkanes of at least 4 members (excludes halogenated alkanes) is 50. The van der Waals surface area contributed by atoms with Crippen molar-refractivity contribution in [3.8, 4) is 0 Å². The summed E-state index contributed by atoms with van der Waals surface area (Å²) in [5, 5.41) is 10.6. The minimum atomic E-state index is -4.97. The molecule has 0 aromatic heterocycles. The summed E-state index contributed by atoms with van der Waals surface area (Å²) in [7, 11) is -9.93. The second-order valence-electron chi connectivity index (χ2n) is 29.8. The Kier molecular flexibility index (Phi) is 74.5. The topological polar surface area (TPSA) is 237 Å². The molecule has 0 fully saturated rings.